The molecule has 1 rings (SSSR count). The van der Waals surface area contributed by atoms with Crippen LogP contribution in [0, 0.1) is 0 Å². The molecule has 4 atom stereocenters. The van der Waals surface area contributed by atoms with E-state index in [1.165, 1.54) is 0 Å². The van der Waals surface area contributed by atoms with Crippen molar-refractivity contribution in [2.75, 3.05) is 6.61 Å². The average molecular weight is 366 g/mol. The molecule has 0 aliphatic rings. The highest BCUT2D eigenvalue weighted by atomic mass is 31.2. The van der Waals surface area contributed by atoms with Crippen molar-refractivity contribution in [2.24, 2.45) is 0 Å². The van der Waals surface area contributed by atoms with Crippen molar-refractivity contribution in [1.29, 1.82) is 0 Å². The zero-order chi connectivity index (χ0) is 18.8. The molecule has 0 aliphatic heterocycles. The van der Waals surface area contributed by atoms with E-state index in [2.05, 4.69) is 4.52 Å². The largest absolute Gasteiger partial charge is 0.469 e. The van der Waals surface area contributed by atoms with Gasteiger partial charge in [0.1, 0.15) is 30.7 Å². The third-order valence-electron chi connectivity index (χ3n) is 2.58. The highest BCUT2D eigenvalue weighted by molar-refractivity contribution is 7.46. The van der Waals surface area contributed by atoms with E-state index in [9.17, 15) is 14.2 Å². The smallest absolute Gasteiger partial charge is 0.388 e. The Morgan fingerprint density at radius 3 is 1.92 bits per heavy atom. The summed E-state index contributed by atoms with van der Waals surface area (Å²) in [5, 5.41) is 36.1. The summed E-state index contributed by atoms with van der Waals surface area (Å²) in [7, 11) is -4.80. The third-order valence-corrected chi connectivity index (χ3v) is 3.07. The predicted molar refractivity (Wildman–Crippen MR) is 79.9 cm³/mol. The summed E-state index contributed by atoms with van der Waals surface area (Å²) >= 11 is 0. The van der Waals surface area contributed by atoms with Crippen molar-refractivity contribution in [3.8, 4) is 0 Å². The van der Waals surface area contributed by atoms with Gasteiger partial charge in [-0.05, 0) is 0 Å². The molecule has 24 heavy (non-hydrogen) atoms. The standard InChI is InChI=1S/C7H6O.C6H13O9P/c8-6-7-4-2-1-3-5-7;7-1-3(8)5(10)6(11)4(9)2-15-16(12,13)14/h1-6H;1,3-6,8-11H,2H2,(H2,12,13,14)/t;3-,4+,5+,6+/m.0/s1. The van der Waals surface area contributed by atoms with Gasteiger partial charge in [-0.2, -0.15) is 0 Å². The molecule has 0 saturated carbocycles. The second-order valence-electron chi connectivity index (χ2n) is 4.49. The number of carbonyl (C=O) groups is 2. The maximum atomic E-state index is 10.2. The van der Waals surface area contributed by atoms with Gasteiger partial charge in [0.2, 0.25) is 0 Å². The first-order valence-electron chi connectivity index (χ1n) is 6.50. The van der Waals surface area contributed by atoms with E-state index < -0.39 is 38.8 Å². The van der Waals surface area contributed by atoms with Crippen LogP contribution < -0.4 is 0 Å². The van der Waals surface area contributed by atoms with Gasteiger partial charge in [0.25, 0.3) is 0 Å². The van der Waals surface area contributed by atoms with Crippen molar-refractivity contribution >= 4 is 20.4 Å². The van der Waals surface area contributed by atoms with Crippen LogP contribution in [-0.4, -0.2) is 73.8 Å². The zero-order valence-electron chi connectivity index (χ0n) is 12.3. The Balaban J connectivity index is 0.000000546. The Morgan fingerprint density at radius 1 is 1.00 bits per heavy atom. The van der Waals surface area contributed by atoms with Gasteiger partial charge in [-0.1, -0.05) is 30.3 Å². The fraction of sp³-hybridized carbons (Fsp3) is 0.385. The van der Waals surface area contributed by atoms with Crippen LogP contribution in [0.3, 0.4) is 0 Å². The molecule has 0 aliphatic carbocycles. The predicted octanol–water partition coefficient (Wildman–Crippen LogP) is -1.76. The van der Waals surface area contributed by atoms with Crippen LogP contribution in [0.25, 0.3) is 0 Å². The molecule has 1 aromatic rings. The molecule has 6 N–H and O–H groups in total. The van der Waals surface area contributed by atoms with Gasteiger partial charge in [-0.25, -0.2) is 4.57 Å². The van der Waals surface area contributed by atoms with Crippen molar-refractivity contribution in [3.63, 3.8) is 0 Å². The summed E-state index contributed by atoms with van der Waals surface area (Å²) in [6, 6.07) is 9.10. The van der Waals surface area contributed by atoms with Crippen molar-refractivity contribution in [3.05, 3.63) is 35.9 Å². The van der Waals surface area contributed by atoms with Gasteiger partial charge >= 0.3 is 7.82 Å². The summed E-state index contributed by atoms with van der Waals surface area (Å²) in [6.07, 6.45) is -6.97. The van der Waals surface area contributed by atoms with Crippen LogP contribution in [0.2, 0.25) is 0 Å². The summed E-state index contributed by atoms with van der Waals surface area (Å²) < 4.78 is 14.1. The molecule has 0 heterocycles. The van der Waals surface area contributed by atoms with Crippen molar-refractivity contribution < 1.29 is 48.9 Å². The SMILES string of the molecule is O=C[C@H](O)[C@@H](O)[C@H](O)[C@H](O)COP(=O)(O)O.O=Cc1ccccc1. The Hall–Kier alpha value is -1.49. The highest BCUT2D eigenvalue weighted by Gasteiger charge is 2.31. The second-order valence-corrected chi connectivity index (χ2v) is 5.73. The molecule has 0 amide bonds. The van der Waals surface area contributed by atoms with Crippen molar-refractivity contribution in [1.82, 2.24) is 0 Å². The van der Waals surface area contributed by atoms with Crippen LogP contribution in [0.15, 0.2) is 30.3 Å². The molecule has 0 bridgehead atoms. The molecule has 0 saturated heterocycles. The number of aldehydes is 2. The summed E-state index contributed by atoms with van der Waals surface area (Å²) in [5.41, 5.74) is 0.729. The molecule has 0 fully saturated rings. The molecule has 0 unspecified atom stereocenters. The van der Waals surface area contributed by atoms with Crippen LogP contribution >= 0.6 is 7.82 Å². The van der Waals surface area contributed by atoms with Crippen LogP contribution in [0.4, 0.5) is 0 Å². The van der Waals surface area contributed by atoms with Crippen LogP contribution in [0.5, 0.6) is 0 Å². The first-order valence-corrected chi connectivity index (χ1v) is 8.03. The Morgan fingerprint density at radius 2 is 1.54 bits per heavy atom. The molecule has 11 heteroatoms. The number of aliphatic hydroxyl groups is 4. The molecule has 0 aromatic heterocycles. The molecular weight excluding hydrogens is 347 g/mol. The van der Waals surface area contributed by atoms with Crippen LogP contribution in [0.1, 0.15) is 10.4 Å². The fourth-order valence-corrected chi connectivity index (χ4v) is 1.66. The lowest BCUT2D eigenvalue weighted by Crippen LogP contribution is -2.46. The number of phosphoric ester groups is 1. The van der Waals surface area contributed by atoms with Gasteiger partial charge in [0, 0.05) is 5.56 Å². The number of phosphoric acid groups is 1. The molecule has 1 aromatic carbocycles. The topological polar surface area (TPSA) is 182 Å². The lowest BCUT2D eigenvalue weighted by Gasteiger charge is -2.23. The van der Waals surface area contributed by atoms with E-state index in [1.807, 2.05) is 18.2 Å². The van der Waals surface area contributed by atoms with E-state index in [0.717, 1.165) is 11.8 Å². The molecule has 10 nitrogen and oxygen atoms in total. The minimum atomic E-state index is -4.80. The van der Waals surface area contributed by atoms with Gasteiger partial charge in [0.05, 0.1) is 6.61 Å². The minimum Gasteiger partial charge on any atom is -0.388 e. The number of hydrogen-bond acceptors (Lipinski definition) is 8. The average Bonchev–Trinajstić information content (AvgIpc) is 2.58. The second kappa shape index (κ2) is 11.1. The molecule has 0 spiro atoms. The quantitative estimate of drug-likeness (QED) is 0.228. The monoisotopic (exact) mass is 366 g/mol. The van der Waals surface area contributed by atoms with E-state index in [-0.39, 0.29) is 6.29 Å². The van der Waals surface area contributed by atoms with E-state index >= 15 is 0 Å². The van der Waals surface area contributed by atoms with Gasteiger partial charge < -0.3 is 35.0 Å². The van der Waals surface area contributed by atoms with E-state index in [0.29, 0.717) is 0 Å². The molecular formula is C13H19O10P. The van der Waals surface area contributed by atoms with Gasteiger partial charge in [0.15, 0.2) is 6.29 Å². The molecule has 0 radical (unpaired) electrons. The summed E-state index contributed by atoms with van der Waals surface area (Å²) in [6.45, 7) is -0.964. The zero-order valence-corrected chi connectivity index (χ0v) is 13.2. The van der Waals surface area contributed by atoms with Gasteiger partial charge in [-0.15, -0.1) is 0 Å². The highest BCUT2D eigenvalue weighted by Crippen LogP contribution is 2.35. The fourth-order valence-electron chi connectivity index (χ4n) is 1.31. The summed E-state index contributed by atoms with van der Waals surface area (Å²) in [5.74, 6) is 0. The lowest BCUT2D eigenvalue weighted by atomic mass is 10.0. The van der Waals surface area contributed by atoms with E-state index in [4.69, 9.17) is 30.2 Å². The summed E-state index contributed by atoms with van der Waals surface area (Å²) in [4.78, 5) is 36.6. The maximum Gasteiger partial charge on any atom is 0.469 e. The lowest BCUT2D eigenvalue weighted by molar-refractivity contribution is -0.136. The van der Waals surface area contributed by atoms with E-state index in [1.54, 1.807) is 12.1 Å². The number of carbonyl (C=O) groups excluding carboxylic acids is 2. The number of hydrogen-bond donors (Lipinski definition) is 6. The molecule has 136 valence electrons. The third kappa shape index (κ3) is 9.60. The maximum absolute atomic E-state index is 10.2. The van der Waals surface area contributed by atoms with Crippen molar-refractivity contribution in [2.45, 2.75) is 24.4 Å². The Bertz CT molecular complexity index is 531. The number of rotatable bonds is 8. The first kappa shape index (κ1) is 22.5. The minimum absolute atomic E-state index is 0.0650. The number of aliphatic hydroxyl groups excluding tert-OH is 4. The van der Waals surface area contributed by atoms with Crippen LogP contribution in [-0.2, 0) is 13.9 Å². The number of benzene rings is 1. The Labute approximate surface area is 137 Å². The van der Waals surface area contributed by atoms with Gasteiger partial charge in [-0.3, -0.25) is 9.32 Å². The Kier molecular flexibility index (Phi) is 10.4. The normalized spacial score (nSPS) is 16.1. The first-order chi connectivity index (χ1) is 11.1.